The summed E-state index contributed by atoms with van der Waals surface area (Å²) in [5.74, 6) is 1.47. The Morgan fingerprint density at radius 3 is 2.53 bits per heavy atom. The molecule has 0 saturated heterocycles. The first-order valence-electron chi connectivity index (χ1n) is 4.49. The van der Waals surface area contributed by atoms with Gasteiger partial charge in [0.2, 0.25) is 0 Å². The minimum atomic E-state index is 0.378. The quantitative estimate of drug-likeness (QED) is 0.855. The minimum absolute atomic E-state index is 0.378. The summed E-state index contributed by atoms with van der Waals surface area (Å²) >= 11 is 3.40. The second-order valence-corrected chi connectivity index (χ2v) is 3.74. The lowest BCUT2D eigenvalue weighted by atomic mass is 10.3. The van der Waals surface area contributed by atoms with Crippen LogP contribution in [0.5, 0.6) is 5.75 Å². The number of halogens is 1. The summed E-state index contributed by atoms with van der Waals surface area (Å²) in [5.41, 5.74) is 0. The van der Waals surface area contributed by atoms with Gasteiger partial charge in [0, 0.05) is 12.4 Å². The maximum atomic E-state index is 5.55. The Balaban J connectivity index is 2.03. The van der Waals surface area contributed by atoms with E-state index >= 15 is 0 Å². The average Bonchev–Trinajstić information content (AvgIpc) is 2.29. The molecule has 1 aromatic carbocycles. The molecule has 0 fully saturated rings. The molecule has 1 heterocycles. The lowest BCUT2D eigenvalue weighted by Gasteiger charge is -2.06. The summed E-state index contributed by atoms with van der Waals surface area (Å²) < 4.78 is 6.48. The monoisotopic (exact) mass is 264 g/mol. The van der Waals surface area contributed by atoms with E-state index < -0.39 is 0 Å². The van der Waals surface area contributed by atoms with Crippen LogP contribution in [0.15, 0.2) is 47.2 Å². The highest BCUT2D eigenvalue weighted by Gasteiger charge is 2.00. The Labute approximate surface area is 96.3 Å². The van der Waals surface area contributed by atoms with Crippen molar-refractivity contribution in [2.45, 2.75) is 6.61 Å². The third-order valence-electron chi connectivity index (χ3n) is 1.81. The Morgan fingerprint density at radius 2 is 1.80 bits per heavy atom. The molecule has 3 nitrogen and oxygen atoms in total. The molecule has 4 heteroatoms. The zero-order valence-corrected chi connectivity index (χ0v) is 9.52. The fourth-order valence-corrected chi connectivity index (χ4v) is 1.51. The fraction of sp³-hybridized carbons (Fsp3) is 0.0909. The summed E-state index contributed by atoms with van der Waals surface area (Å²) in [6, 6.07) is 9.47. The van der Waals surface area contributed by atoms with Gasteiger partial charge in [-0.1, -0.05) is 12.1 Å². The molecule has 0 radical (unpaired) electrons. The summed E-state index contributed by atoms with van der Waals surface area (Å²) in [7, 11) is 0. The smallest absolute Gasteiger partial charge is 0.166 e. The van der Waals surface area contributed by atoms with Crippen molar-refractivity contribution in [3.05, 3.63) is 53.0 Å². The second kappa shape index (κ2) is 4.89. The van der Waals surface area contributed by atoms with Crippen LogP contribution in [0, 0.1) is 0 Å². The van der Waals surface area contributed by atoms with E-state index in [2.05, 4.69) is 25.9 Å². The molecule has 0 saturated carbocycles. The molecule has 0 N–H and O–H groups in total. The van der Waals surface area contributed by atoms with Crippen LogP contribution in [0.3, 0.4) is 0 Å². The summed E-state index contributed by atoms with van der Waals surface area (Å²) in [6.07, 6.45) is 3.40. The van der Waals surface area contributed by atoms with Crippen LogP contribution in [0.4, 0.5) is 0 Å². The molecular weight excluding hydrogens is 256 g/mol. The van der Waals surface area contributed by atoms with E-state index in [1.165, 1.54) is 0 Å². The van der Waals surface area contributed by atoms with Crippen LogP contribution in [0.25, 0.3) is 0 Å². The topological polar surface area (TPSA) is 35.0 Å². The molecule has 0 aliphatic carbocycles. The van der Waals surface area contributed by atoms with E-state index in [1.54, 1.807) is 18.5 Å². The number of benzene rings is 1. The highest BCUT2D eigenvalue weighted by Crippen LogP contribution is 2.24. The van der Waals surface area contributed by atoms with Gasteiger partial charge in [-0.05, 0) is 34.1 Å². The molecule has 76 valence electrons. The normalized spacial score (nSPS) is 9.93. The number of aromatic nitrogens is 2. The highest BCUT2D eigenvalue weighted by atomic mass is 79.9. The number of hydrogen-bond acceptors (Lipinski definition) is 3. The Hall–Kier alpha value is -1.42. The zero-order chi connectivity index (χ0) is 10.5. The van der Waals surface area contributed by atoms with E-state index in [9.17, 15) is 0 Å². The lowest BCUT2D eigenvalue weighted by molar-refractivity contribution is 0.294. The predicted molar refractivity (Wildman–Crippen MR) is 60.5 cm³/mol. The molecule has 0 aliphatic heterocycles. The second-order valence-electron chi connectivity index (χ2n) is 2.88. The molecule has 15 heavy (non-hydrogen) atoms. The van der Waals surface area contributed by atoms with Gasteiger partial charge in [0.05, 0.1) is 4.47 Å². The Bertz CT molecular complexity index is 434. The van der Waals surface area contributed by atoms with E-state index in [-0.39, 0.29) is 0 Å². The summed E-state index contributed by atoms with van der Waals surface area (Å²) in [5, 5.41) is 0. The van der Waals surface area contributed by atoms with E-state index in [4.69, 9.17) is 4.74 Å². The third kappa shape index (κ3) is 2.76. The predicted octanol–water partition coefficient (Wildman–Crippen LogP) is 2.82. The van der Waals surface area contributed by atoms with Crippen molar-refractivity contribution in [1.29, 1.82) is 0 Å². The molecule has 0 bridgehead atoms. The van der Waals surface area contributed by atoms with Gasteiger partial charge in [-0.3, -0.25) is 0 Å². The van der Waals surface area contributed by atoms with Gasteiger partial charge >= 0.3 is 0 Å². The number of nitrogens with zero attached hydrogens (tertiary/aromatic N) is 2. The molecule has 0 amide bonds. The fourth-order valence-electron chi connectivity index (χ4n) is 1.11. The molecule has 2 aromatic rings. The van der Waals surface area contributed by atoms with Gasteiger partial charge in [0.15, 0.2) is 5.82 Å². The third-order valence-corrected chi connectivity index (χ3v) is 2.47. The van der Waals surface area contributed by atoms with Crippen LogP contribution in [-0.4, -0.2) is 9.97 Å². The van der Waals surface area contributed by atoms with Crippen molar-refractivity contribution in [2.24, 2.45) is 0 Å². The number of hydrogen-bond donors (Lipinski definition) is 0. The van der Waals surface area contributed by atoms with Crippen molar-refractivity contribution in [3.8, 4) is 5.75 Å². The number of rotatable bonds is 3. The number of ether oxygens (including phenoxy) is 1. The van der Waals surface area contributed by atoms with Gasteiger partial charge in [0.1, 0.15) is 12.4 Å². The van der Waals surface area contributed by atoms with E-state index in [1.807, 2.05) is 24.3 Å². The number of para-hydroxylation sites is 1. The standard InChI is InChI=1S/C11H9BrN2O/c12-9-4-1-2-5-10(9)15-8-11-13-6-3-7-14-11/h1-7H,8H2. The molecule has 0 atom stereocenters. The lowest BCUT2D eigenvalue weighted by Crippen LogP contribution is -2.00. The average molecular weight is 265 g/mol. The zero-order valence-electron chi connectivity index (χ0n) is 7.93. The van der Waals surface area contributed by atoms with Crippen LogP contribution >= 0.6 is 15.9 Å². The van der Waals surface area contributed by atoms with Crippen molar-refractivity contribution in [3.63, 3.8) is 0 Å². The molecule has 2 rings (SSSR count). The van der Waals surface area contributed by atoms with Gasteiger partial charge < -0.3 is 4.74 Å². The molecule has 0 spiro atoms. The first-order chi connectivity index (χ1) is 7.36. The van der Waals surface area contributed by atoms with Gasteiger partial charge in [-0.2, -0.15) is 0 Å². The van der Waals surface area contributed by atoms with Crippen LogP contribution < -0.4 is 4.74 Å². The molecular formula is C11H9BrN2O. The Kier molecular flexibility index (Phi) is 3.29. The first kappa shape index (κ1) is 10.1. The van der Waals surface area contributed by atoms with Crippen LogP contribution in [0.2, 0.25) is 0 Å². The van der Waals surface area contributed by atoms with Crippen molar-refractivity contribution < 1.29 is 4.74 Å². The largest absolute Gasteiger partial charge is 0.484 e. The maximum absolute atomic E-state index is 5.55. The minimum Gasteiger partial charge on any atom is -0.484 e. The summed E-state index contributed by atoms with van der Waals surface area (Å²) in [6.45, 7) is 0.378. The van der Waals surface area contributed by atoms with Crippen LogP contribution in [0.1, 0.15) is 5.82 Å². The SMILES string of the molecule is Brc1ccccc1OCc1ncccn1. The highest BCUT2D eigenvalue weighted by molar-refractivity contribution is 9.10. The summed E-state index contributed by atoms with van der Waals surface area (Å²) in [4.78, 5) is 8.14. The Morgan fingerprint density at radius 1 is 1.07 bits per heavy atom. The van der Waals surface area contributed by atoms with Gasteiger partial charge in [-0.25, -0.2) is 9.97 Å². The molecule has 0 aliphatic rings. The van der Waals surface area contributed by atoms with Crippen molar-refractivity contribution in [2.75, 3.05) is 0 Å². The first-order valence-corrected chi connectivity index (χ1v) is 5.29. The molecule has 0 unspecified atom stereocenters. The van der Waals surface area contributed by atoms with Gasteiger partial charge in [-0.15, -0.1) is 0 Å². The van der Waals surface area contributed by atoms with Gasteiger partial charge in [0.25, 0.3) is 0 Å². The molecule has 1 aromatic heterocycles. The maximum Gasteiger partial charge on any atom is 0.166 e. The van der Waals surface area contributed by atoms with Crippen LogP contribution in [-0.2, 0) is 6.61 Å². The van der Waals surface area contributed by atoms with E-state index in [0.717, 1.165) is 10.2 Å². The van der Waals surface area contributed by atoms with Crippen molar-refractivity contribution in [1.82, 2.24) is 9.97 Å². The van der Waals surface area contributed by atoms with E-state index in [0.29, 0.717) is 12.4 Å². The van der Waals surface area contributed by atoms with Crippen molar-refractivity contribution >= 4 is 15.9 Å².